The molecule has 2 heterocycles. The Morgan fingerprint density at radius 1 is 1.53 bits per heavy atom. The van der Waals surface area contributed by atoms with Crippen molar-refractivity contribution in [1.29, 1.82) is 0 Å². The van der Waals surface area contributed by atoms with Crippen molar-refractivity contribution in [2.24, 2.45) is 5.92 Å². The predicted octanol–water partition coefficient (Wildman–Crippen LogP) is 2.53. The van der Waals surface area contributed by atoms with Crippen LogP contribution in [0.2, 0.25) is 5.15 Å². The van der Waals surface area contributed by atoms with Crippen LogP contribution in [0.5, 0.6) is 0 Å². The van der Waals surface area contributed by atoms with Crippen molar-refractivity contribution in [3.63, 3.8) is 0 Å². The van der Waals surface area contributed by atoms with Gasteiger partial charge in [-0.1, -0.05) is 11.6 Å². The Bertz CT molecular complexity index is 471. The van der Waals surface area contributed by atoms with Gasteiger partial charge in [0.05, 0.1) is 11.3 Å². The number of piperidine rings is 1. The van der Waals surface area contributed by atoms with Crippen molar-refractivity contribution in [3.8, 4) is 0 Å². The highest BCUT2D eigenvalue weighted by Gasteiger charge is 2.32. The summed E-state index contributed by atoms with van der Waals surface area (Å²) in [6, 6.07) is 3.52. The minimum atomic E-state index is -0.708. The number of nitrogens with zero attached hydrogens (tertiary/aromatic N) is 2. The molecule has 1 N–H and O–H groups in total. The fourth-order valence-electron chi connectivity index (χ4n) is 2.57. The number of carbonyl (C=O) groups is 1. The molecule has 104 valence electrons. The van der Waals surface area contributed by atoms with Gasteiger partial charge >= 0.3 is 0 Å². The highest BCUT2D eigenvalue weighted by atomic mass is 35.5. The number of anilines is 1. The first kappa shape index (κ1) is 14.3. The highest BCUT2D eigenvalue weighted by molar-refractivity contribution is 6.29. The van der Waals surface area contributed by atoms with E-state index in [1.807, 2.05) is 19.9 Å². The first-order valence-corrected chi connectivity index (χ1v) is 6.88. The number of rotatable bonds is 3. The average molecular weight is 283 g/mol. The first-order valence-electron chi connectivity index (χ1n) is 6.51. The van der Waals surface area contributed by atoms with E-state index in [0.717, 1.165) is 37.9 Å². The van der Waals surface area contributed by atoms with Gasteiger partial charge in [-0.05, 0) is 38.8 Å². The van der Waals surface area contributed by atoms with Crippen LogP contribution in [0.15, 0.2) is 12.1 Å². The number of halogens is 1. The quantitative estimate of drug-likeness (QED) is 0.684. The van der Waals surface area contributed by atoms with Crippen molar-refractivity contribution in [2.45, 2.75) is 32.3 Å². The van der Waals surface area contributed by atoms with Crippen LogP contribution >= 0.6 is 11.6 Å². The molecule has 5 heteroatoms. The number of aromatic nitrogens is 1. The molecule has 2 rings (SSSR count). The lowest BCUT2D eigenvalue weighted by Gasteiger charge is -2.40. The van der Waals surface area contributed by atoms with Crippen LogP contribution in [-0.2, 0) is 0 Å². The molecule has 0 amide bonds. The lowest BCUT2D eigenvalue weighted by Crippen LogP contribution is -2.45. The number of aliphatic hydroxyl groups is 1. The van der Waals surface area contributed by atoms with E-state index in [9.17, 15) is 9.90 Å². The van der Waals surface area contributed by atoms with Crippen LogP contribution in [0.3, 0.4) is 0 Å². The minimum Gasteiger partial charge on any atom is -0.390 e. The van der Waals surface area contributed by atoms with Crippen molar-refractivity contribution >= 4 is 23.6 Å². The van der Waals surface area contributed by atoms with Crippen molar-refractivity contribution in [3.05, 3.63) is 23.0 Å². The van der Waals surface area contributed by atoms with E-state index in [4.69, 9.17) is 11.6 Å². The third-order valence-corrected chi connectivity index (χ3v) is 3.95. The Balaban J connectivity index is 2.24. The van der Waals surface area contributed by atoms with Crippen LogP contribution in [0.1, 0.15) is 37.2 Å². The van der Waals surface area contributed by atoms with Gasteiger partial charge in [-0.25, -0.2) is 4.98 Å². The molecule has 1 fully saturated rings. The largest absolute Gasteiger partial charge is 0.390 e. The molecular weight excluding hydrogens is 264 g/mol. The molecule has 1 aliphatic rings. The maximum absolute atomic E-state index is 11.1. The third-order valence-electron chi connectivity index (χ3n) is 3.74. The molecule has 0 radical (unpaired) electrons. The average Bonchev–Trinajstić information content (AvgIpc) is 2.37. The molecule has 0 aromatic carbocycles. The molecule has 1 unspecified atom stereocenters. The van der Waals surface area contributed by atoms with E-state index in [1.54, 1.807) is 6.07 Å². The maximum atomic E-state index is 11.1. The zero-order valence-corrected chi connectivity index (χ0v) is 12.0. The smallest absolute Gasteiger partial charge is 0.170 e. The van der Waals surface area contributed by atoms with Crippen LogP contribution in [0.25, 0.3) is 0 Å². The van der Waals surface area contributed by atoms with Gasteiger partial charge in [-0.3, -0.25) is 4.79 Å². The maximum Gasteiger partial charge on any atom is 0.170 e. The molecule has 0 spiro atoms. The summed E-state index contributed by atoms with van der Waals surface area (Å²) in [7, 11) is 0. The first-order chi connectivity index (χ1) is 8.91. The van der Waals surface area contributed by atoms with Crippen molar-refractivity contribution in [2.75, 3.05) is 18.0 Å². The van der Waals surface area contributed by atoms with Gasteiger partial charge < -0.3 is 10.0 Å². The second-order valence-corrected chi connectivity index (χ2v) is 5.98. The molecule has 1 aromatic rings. The molecule has 0 bridgehead atoms. The molecule has 0 saturated carbocycles. The predicted molar refractivity (Wildman–Crippen MR) is 75.9 cm³/mol. The summed E-state index contributed by atoms with van der Waals surface area (Å²) in [4.78, 5) is 17.3. The van der Waals surface area contributed by atoms with Crippen LogP contribution in [0.4, 0.5) is 5.69 Å². The van der Waals surface area contributed by atoms with Crippen LogP contribution in [0, 0.1) is 5.92 Å². The van der Waals surface area contributed by atoms with Crippen molar-refractivity contribution in [1.82, 2.24) is 4.98 Å². The summed E-state index contributed by atoms with van der Waals surface area (Å²) < 4.78 is 0. The zero-order chi connectivity index (χ0) is 14.0. The normalized spacial score (nSPS) is 20.4. The topological polar surface area (TPSA) is 53.4 Å². The van der Waals surface area contributed by atoms with E-state index in [-0.39, 0.29) is 5.92 Å². The third kappa shape index (κ3) is 3.25. The second kappa shape index (κ2) is 5.47. The Morgan fingerprint density at radius 2 is 2.26 bits per heavy atom. The van der Waals surface area contributed by atoms with E-state index in [1.165, 1.54) is 0 Å². The van der Waals surface area contributed by atoms with Crippen molar-refractivity contribution < 1.29 is 9.90 Å². The number of hydrogen-bond acceptors (Lipinski definition) is 4. The number of carbonyl (C=O) groups excluding carboxylic acids is 1. The van der Waals surface area contributed by atoms with Gasteiger partial charge in [0.2, 0.25) is 0 Å². The minimum absolute atomic E-state index is 0.191. The molecular formula is C14H19ClN2O2. The SMILES string of the molecule is CC(C)(O)C1CCCN(c2ccc(Cl)nc2C=O)C1. The molecule has 1 saturated heterocycles. The number of aldehydes is 1. The second-order valence-electron chi connectivity index (χ2n) is 5.60. The standard InChI is InChI=1S/C14H19ClN2O2/c1-14(2,19)10-4-3-7-17(8-10)12-5-6-13(15)16-11(12)9-18/h5-6,9-10,19H,3-4,7-8H2,1-2H3. The monoisotopic (exact) mass is 282 g/mol. The number of hydrogen-bond donors (Lipinski definition) is 1. The summed E-state index contributed by atoms with van der Waals surface area (Å²) in [5, 5.41) is 10.5. The molecule has 19 heavy (non-hydrogen) atoms. The fraction of sp³-hybridized carbons (Fsp3) is 0.571. The van der Waals surface area contributed by atoms with Crippen LogP contribution < -0.4 is 4.90 Å². The van der Waals surface area contributed by atoms with Gasteiger partial charge in [0.25, 0.3) is 0 Å². The van der Waals surface area contributed by atoms with Crippen LogP contribution in [-0.4, -0.2) is 35.1 Å². The summed E-state index contributed by atoms with van der Waals surface area (Å²) in [5.41, 5.74) is 0.456. The van der Waals surface area contributed by atoms with Gasteiger partial charge in [0.15, 0.2) is 6.29 Å². The molecule has 0 aliphatic carbocycles. The summed E-state index contributed by atoms with van der Waals surface area (Å²) in [5.74, 6) is 0.191. The van der Waals surface area contributed by atoms with E-state index >= 15 is 0 Å². The van der Waals surface area contributed by atoms with Gasteiger partial charge in [-0.15, -0.1) is 0 Å². The Labute approximate surface area is 118 Å². The van der Waals surface area contributed by atoms with E-state index in [0.29, 0.717) is 10.8 Å². The molecule has 1 aromatic heterocycles. The lowest BCUT2D eigenvalue weighted by molar-refractivity contribution is 0.0110. The fourth-order valence-corrected chi connectivity index (χ4v) is 2.72. The molecule has 1 aliphatic heterocycles. The number of pyridine rings is 1. The summed E-state index contributed by atoms with van der Waals surface area (Å²) >= 11 is 5.81. The Hall–Kier alpha value is -1.13. The Morgan fingerprint density at radius 3 is 2.89 bits per heavy atom. The zero-order valence-electron chi connectivity index (χ0n) is 11.3. The lowest BCUT2D eigenvalue weighted by atomic mass is 9.84. The highest BCUT2D eigenvalue weighted by Crippen LogP contribution is 2.31. The van der Waals surface area contributed by atoms with Gasteiger partial charge in [0.1, 0.15) is 10.8 Å². The van der Waals surface area contributed by atoms with Gasteiger partial charge in [-0.2, -0.15) is 0 Å². The van der Waals surface area contributed by atoms with Gasteiger partial charge in [0, 0.05) is 19.0 Å². The molecule has 1 atom stereocenters. The Kier molecular flexibility index (Phi) is 4.11. The summed E-state index contributed by atoms with van der Waals surface area (Å²) in [6.45, 7) is 5.27. The van der Waals surface area contributed by atoms with E-state index < -0.39 is 5.60 Å². The summed E-state index contributed by atoms with van der Waals surface area (Å²) in [6.07, 6.45) is 2.72. The molecule has 4 nitrogen and oxygen atoms in total. The van der Waals surface area contributed by atoms with E-state index in [2.05, 4.69) is 9.88 Å².